The Kier molecular flexibility index (Phi) is 4.27. The maximum atomic E-state index is 6.39. The highest BCUT2D eigenvalue weighted by molar-refractivity contribution is 6.30. The minimum absolute atomic E-state index is 0.345. The van der Waals surface area contributed by atoms with Crippen LogP contribution in [0.1, 0.15) is 11.3 Å². The van der Waals surface area contributed by atoms with E-state index in [-0.39, 0.29) is 0 Å². The number of nitrogens with zero attached hydrogens (tertiary/aromatic N) is 3. The molecule has 0 aliphatic heterocycles. The number of alkyl halides is 1. The Morgan fingerprint density at radius 1 is 1.14 bits per heavy atom. The molecule has 0 amide bonds. The van der Waals surface area contributed by atoms with Crippen molar-refractivity contribution in [3.63, 3.8) is 0 Å². The van der Waals surface area contributed by atoms with Gasteiger partial charge in [-0.3, -0.25) is 0 Å². The van der Waals surface area contributed by atoms with E-state index in [0.717, 1.165) is 17.0 Å². The summed E-state index contributed by atoms with van der Waals surface area (Å²) in [6.07, 6.45) is 2.29. The summed E-state index contributed by atoms with van der Waals surface area (Å²) < 4.78 is 7.37. The van der Waals surface area contributed by atoms with Gasteiger partial charge in [-0.2, -0.15) is 5.10 Å². The molecule has 2 heterocycles. The van der Waals surface area contributed by atoms with E-state index in [4.69, 9.17) is 27.9 Å². The molecule has 0 radical (unpaired) electrons. The SMILES string of the molecule is ClCCc1c(COc2ccccc2)nc2ccnn2c1Cl. The number of fused-ring (bicyclic) bond motifs is 1. The van der Waals surface area contributed by atoms with Crippen molar-refractivity contribution in [2.24, 2.45) is 0 Å². The molecule has 3 aromatic rings. The largest absolute Gasteiger partial charge is 0.487 e. The maximum absolute atomic E-state index is 6.39. The van der Waals surface area contributed by atoms with Gasteiger partial charge < -0.3 is 4.74 Å². The fourth-order valence-corrected chi connectivity index (χ4v) is 2.64. The molecule has 0 aliphatic rings. The van der Waals surface area contributed by atoms with Gasteiger partial charge in [-0.05, 0) is 18.6 Å². The first-order chi connectivity index (χ1) is 10.3. The van der Waals surface area contributed by atoms with Crippen LogP contribution in [-0.4, -0.2) is 20.5 Å². The zero-order valence-corrected chi connectivity index (χ0v) is 12.7. The van der Waals surface area contributed by atoms with Gasteiger partial charge in [0.2, 0.25) is 0 Å². The smallest absolute Gasteiger partial charge is 0.157 e. The van der Waals surface area contributed by atoms with Crippen LogP contribution in [-0.2, 0) is 13.0 Å². The van der Waals surface area contributed by atoms with Gasteiger partial charge in [0.15, 0.2) is 5.65 Å². The number of hydrogen-bond acceptors (Lipinski definition) is 3. The highest BCUT2D eigenvalue weighted by Gasteiger charge is 2.14. The second-order valence-corrected chi connectivity index (χ2v) is 5.21. The summed E-state index contributed by atoms with van der Waals surface area (Å²) in [7, 11) is 0. The monoisotopic (exact) mass is 321 g/mol. The summed E-state index contributed by atoms with van der Waals surface area (Å²) in [6, 6.07) is 11.4. The first kappa shape index (κ1) is 14.2. The second kappa shape index (κ2) is 6.33. The molecular formula is C15H13Cl2N3O. The third-order valence-corrected chi connectivity index (χ3v) is 3.70. The van der Waals surface area contributed by atoms with Crippen molar-refractivity contribution in [2.75, 3.05) is 5.88 Å². The van der Waals surface area contributed by atoms with Gasteiger partial charge in [0, 0.05) is 17.5 Å². The molecule has 0 saturated carbocycles. The first-order valence-electron chi connectivity index (χ1n) is 6.54. The van der Waals surface area contributed by atoms with Crippen LogP contribution < -0.4 is 4.74 Å². The van der Waals surface area contributed by atoms with E-state index in [1.54, 1.807) is 10.7 Å². The maximum Gasteiger partial charge on any atom is 0.157 e. The molecule has 1 aromatic carbocycles. The zero-order chi connectivity index (χ0) is 14.7. The molecule has 0 N–H and O–H groups in total. The summed E-state index contributed by atoms with van der Waals surface area (Å²) in [5, 5.41) is 4.70. The summed E-state index contributed by atoms with van der Waals surface area (Å²) in [6.45, 7) is 0.345. The van der Waals surface area contributed by atoms with Crippen molar-refractivity contribution in [3.8, 4) is 5.75 Å². The lowest BCUT2D eigenvalue weighted by Crippen LogP contribution is -2.09. The normalized spacial score (nSPS) is 11.0. The Bertz CT molecular complexity index is 743. The van der Waals surface area contributed by atoms with Gasteiger partial charge in [0.25, 0.3) is 0 Å². The van der Waals surface area contributed by atoms with Gasteiger partial charge in [-0.1, -0.05) is 29.8 Å². The van der Waals surface area contributed by atoms with Crippen LogP contribution in [0.25, 0.3) is 5.65 Å². The van der Waals surface area contributed by atoms with Crippen molar-refractivity contribution in [1.82, 2.24) is 14.6 Å². The molecule has 0 spiro atoms. The molecule has 0 aliphatic carbocycles. The lowest BCUT2D eigenvalue weighted by atomic mass is 10.2. The van der Waals surface area contributed by atoms with E-state index in [1.165, 1.54) is 0 Å². The van der Waals surface area contributed by atoms with Gasteiger partial charge in [-0.25, -0.2) is 9.50 Å². The quantitative estimate of drug-likeness (QED) is 0.530. The molecule has 0 fully saturated rings. The summed E-state index contributed by atoms with van der Waals surface area (Å²) in [5.41, 5.74) is 2.36. The van der Waals surface area contributed by atoms with Crippen molar-refractivity contribution in [1.29, 1.82) is 0 Å². The van der Waals surface area contributed by atoms with Crippen LogP contribution in [0.15, 0.2) is 42.6 Å². The van der Waals surface area contributed by atoms with Gasteiger partial charge in [-0.15, -0.1) is 11.6 Å². The van der Waals surface area contributed by atoms with Crippen LogP contribution in [0.3, 0.4) is 0 Å². The fraction of sp³-hybridized carbons (Fsp3) is 0.200. The van der Waals surface area contributed by atoms with E-state index in [0.29, 0.717) is 29.7 Å². The van der Waals surface area contributed by atoms with Crippen LogP contribution >= 0.6 is 23.2 Å². The lowest BCUT2D eigenvalue weighted by molar-refractivity contribution is 0.300. The number of hydrogen-bond donors (Lipinski definition) is 0. The van der Waals surface area contributed by atoms with E-state index in [1.807, 2.05) is 36.4 Å². The summed E-state index contributed by atoms with van der Waals surface area (Å²) in [4.78, 5) is 4.56. The van der Waals surface area contributed by atoms with E-state index >= 15 is 0 Å². The molecule has 0 saturated heterocycles. The fourth-order valence-electron chi connectivity index (χ4n) is 2.11. The highest BCUT2D eigenvalue weighted by Crippen LogP contribution is 2.22. The van der Waals surface area contributed by atoms with Crippen LogP contribution in [0.4, 0.5) is 0 Å². The third kappa shape index (κ3) is 2.96. The molecule has 21 heavy (non-hydrogen) atoms. The first-order valence-corrected chi connectivity index (χ1v) is 7.45. The molecule has 4 nitrogen and oxygen atoms in total. The average molecular weight is 322 g/mol. The van der Waals surface area contributed by atoms with Crippen LogP contribution in [0.2, 0.25) is 5.15 Å². The Morgan fingerprint density at radius 3 is 2.71 bits per heavy atom. The molecule has 3 rings (SSSR count). The zero-order valence-electron chi connectivity index (χ0n) is 11.2. The van der Waals surface area contributed by atoms with Crippen molar-refractivity contribution >= 4 is 28.8 Å². The van der Waals surface area contributed by atoms with Gasteiger partial charge in [0.05, 0.1) is 11.9 Å². The Hall–Kier alpha value is -1.78. The third-order valence-electron chi connectivity index (χ3n) is 3.12. The summed E-state index contributed by atoms with van der Waals surface area (Å²) >= 11 is 12.3. The number of rotatable bonds is 5. The van der Waals surface area contributed by atoms with Gasteiger partial charge in [0.1, 0.15) is 17.5 Å². The Balaban J connectivity index is 1.94. The lowest BCUT2D eigenvalue weighted by Gasteiger charge is -2.12. The molecule has 0 unspecified atom stereocenters. The number of aromatic nitrogens is 3. The van der Waals surface area contributed by atoms with Crippen molar-refractivity contribution in [2.45, 2.75) is 13.0 Å². The van der Waals surface area contributed by atoms with E-state index in [2.05, 4.69) is 10.1 Å². The molecule has 0 bridgehead atoms. The predicted octanol–water partition coefficient (Wildman–Crippen LogP) is 3.74. The second-order valence-electron chi connectivity index (χ2n) is 4.47. The van der Waals surface area contributed by atoms with Crippen LogP contribution in [0.5, 0.6) is 5.75 Å². The minimum atomic E-state index is 0.345. The number of para-hydroxylation sites is 1. The van der Waals surface area contributed by atoms with Crippen molar-refractivity contribution < 1.29 is 4.74 Å². The number of benzene rings is 1. The van der Waals surface area contributed by atoms with E-state index < -0.39 is 0 Å². The molecular weight excluding hydrogens is 309 g/mol. The van der Waals surface area contributed by atoms with Crippen LogP contribution in [0, 0.1) is 0 Å². The number of halogens is 2. The average Bonchev–Trinajstić information content (AvgIpc) is 2.98. The van der Waals surface area contributed by atoms with Gasteiger partial charge >= 0.3 is 0 Å². The molecule has 0 atom stereocenters. The Labute approximate surface area is 132 Å². The standard InChI is InChI=1S/C15H13Cl2N3O/c16-8-6-12-13(10-21-11-4-2-1-3-5-11)19-14-7-9-18-20(14)15(12)17/h1-5,7,9H,6,8,10H2. The highest BCUT2D eigenvalue weighted by atomic mass is 35.5. The number of ether oxygens (including phenoxy) is 1. The minimum Gasteiger partial charge on any atom is -0.487 e. The molecule has 2 aromatic heterocycles. The molecule has 6 heteroatoms. The Morgan fingerprint density at radius 2 is 1.95 bits per heavy atom. The van der Waals surface area contributed by atoms with E-state index in [9.17, 15) is 0 Å². The molecule has 108 valence electrons. The topological polar surface area (TPSA) is 39.4 Å². The predicted molar refractivity (Wildman–Crippen MR) is 83.2 cm³/mol. The summed E-state index contributed by atoms with van der Waals surface area (Å²) in [5.74, 6) is 1.26. The van der Waals surface area contributed by atoms with Crippen molar-refractivity contribution in [3.05, 3.63) is 59.0 Å².